The average molecular weight is 317 g/mol. The van der Waals surface area contributed by atoms with E-state index in [9.17, 15) is 9.90 Å². The van der Waals surface area contributed by atoms with E-state index < -0.39 is 6.10 Å². The fourth-order valence-corrected chi connectivity index (χ4v) is 2.57. The van der Waals surface area contributed by atoms with Crippen LogP contribution in [0.25, 0.3) is 0 Å². The van der Waals surface area contributed by atoms with Gasteiger partial charge in [-0.05, 0) is 30.9 Å². The number of carbonyl (C=O) groups is 1. The fraction of sp³-hybridized carbons (Fsp3) is 0.733. The summed E-state index contributed by atoms with van der Waals surface area (Å²) in [5.74, 6) is 0.0751. The van der Waals surface area contributed by atoms with E-state index in [4.69, 9.17) is 16.1 Å². The summed E-state index contributed by atoms with van der Waals surface area (Å²) in [6, 6.07) is 0. The number of nitrogens with one attached hydrogen (secondary N) is 1. The van der Waals surface area contributed by atoms with Gasteiger partial charge in [-0.15, -0.1) is 0 Å². The molecular weight excluding hydrogens is 292 g/mol. The molecule has 0 radical (unpaired) electrons. The van der Waals surface area contributed by atoms with Crippen LogP contribution in [0.5, 0.6) is 0 Å². The first-order valence-corrected chi connectivity index (χ1v) is 7.58. The van der Waals surface area contributed by atoms with Gasteiger partial charge in [-0.25, -0.2) is 0 Å². The van der Waals surface area contributed by atoms with Gasteiger partial charge in [-0.2, -0.15) is 0 Å². The van der Waals surface area contributed by atoms with Gasteiger partial charge < -0.3 is 14.9 Å². The van der Waals surface area contributed by atoms with Crippen molar-refractivity contribution < 1.29 is 14.4 Å². The monoisotopic (exact) mass is 316 g/mol. The lowest BCUT2D eigenvalue weighted by molar-refractivity contribution is -0.122. The molecule has 1 heterocycles. The van der Waals surface area contributed by atoms with Crippen LogP contribution >= 0.6 is 11.6 Å². The van der Waals surface area contributed by atoms with Crippen LogP contribution in [0.1, 0.15) is 45.4 Å². The van der Waals surface area contributed by atoms with Crippen molar-refractivity contribution >= 4 is 17.5 Å². The third kappa shape index (κ3) is 5.00. The predicted octanol–water partition coefficient (Wildman–Crippen LogP) is 2.73. The number of hydrogen-bond acceptors (Lipinski definition) is 4. The maximum Gasteiger partial charge on any atom is 0.229 e. The van der Waals surface area contributed by atoms with Gasteiger partial charge in [0.2, 0.25) is 11.1 Å². The van der Waals surface area contributed by atoms with Crippen molar-refractivity contribution in [3.63, 3.8) is 0 Å². The molecule has 6 heteroatoms. The Bertz CT molecular complexity index is 464. The van der Waals surface area contributed by atoms with E-state index >= 15 is 0 Å². The predicted molar refractivity (Wildman–Crippen MR) is 82.2 cm³/mol. The molecule has 1 amide bonds. The Hall–Kier alpha value is -1.07. The molecular formula is C15H25ClN2O3. The number of aliphatic hydroxyl groups excluding tert-OH is 1. The molecule has 1 rings (SSSR count). The number of aromatic nitrogens is 1. The number of aryl methyl sites for hydroxylation is 1. The number of halogens is 1. The molecule has 0 bridgehead atoms. The van der Waals surface area contributed by atoms with Gasteiger partial charge in [0.1, 0.15) is 0 Å². The Kier molecular flexibility index (Phi) is 6.23. The molecule has 2 N–H and O–H groups in total. The van der Waals surface area contributed by atoms with E-state index in [0.717, 1.165) is 5.56 Å². The topological polar surface area (TPSA) is 75.4 Å². The zero-order valence-corrected chi connectivity index (χ0v) is 14.1. The van der Waals surface area contributed by atoms with Crippen LogP contribution in [0.3, 0.4) is 0 Å². The summed E-state index contributed by atoms with van der Waals surface area (Å²) in [7, 11) is 0. The van der Waals surface area contributed by atoms with E-state index in [0.29, 0.717) is 25.1 Å². The fourth-order valence-electron chi connectivity index (χ4n) is 2.30. The first-order valence-electron chi connectivity index (χ1n) is 7.20. The lowest BCUT2D eigenvalue weighted by atomic mass is 9.80. The SMILES string of the molecule is Cc1noc(Cl)c1CCC(=O)NCC(C)(C)C(O)C(C)C. The smallest absolute Gasteiger partial charge is 0.229 e. The summed E-state index contributed by atoms with van der Waals surface area (Å²) in [4.78, 5) is 11.9. The summed E-state index contributed by atoms with van der Waals surface area (Å²) < 4.78 is 4.85. The molecule has 120 valence electrons. The summed E-state index contributed by atoms with van der Waals surface area (Å²) >= 11 is 5.86. The Morgan fingerprint density at radius 2 is 2.10 bits per heavy atom. The van der Waals surface area contributed by atoms with Crippen molar-refractivity contribution in [2.75, 3.05) is 6.54 Å². The highest BCUT2D eigenvalue weighted by Gasteiger charge is 2.30. The van der Waals surface area contributed by atoms with E-state index in [2.05, 4.69) is 10.5 Å². The van der Waals surface area contributed by atoms with Crippen molar-refractivity contribution in [1.82, 2.24) is 10.5 Å². The molecule has 0 aliphatic rings. The highest BCUT2D eigenvalue weighted by molar-refractivity contribution is 6.29. The highest BCUT2D eigenvalue weighted by Crippen LogP contribution is 2.25. The second-order valence-corrected chi connectivity index (χ2v) is 6.82. The minimum Gasteiger partial charge on any atom is -0.392 e. The molecule has 5 nitrogen and oxygen atoms in total. The van der Waals surface area contributed by atoms with Crippen LogP contribution in [-0.4, -0.2) is 28.8 Å². The Labute approximate surface area is 131 Å². The molecule has 0 fully saturated rings. The third-order valence-corrected chi connectivity index (χ3v) is 4.01. The molecule has 0 aliphatic heterocycles. The maximum absolute atomic E-state index is 11.9. The highest BCUT2D eigenvalue weighted by atomic mass is 35.5. The average Bonchev–Trinajstić information content (AvgIpc) is 2.72. The standard InChI is InChI=1S/C15H25ClN2O3/c1-9(2)13(20)15(4,5)8-17-12(19)7-6-11-10(3)18-21-14(11)16/h9,13,20H,6-8H2,1-5H3,(H,17,19). The first-order chi connectivity index (χ1) is 9.65. The van der Waals surface area contributed by atoms with Crippen molar-refractivity contribution in [1.29, 1.82) is 0 Å². The minimum absolute atomic E-state index is 0.0734. The number of amides is 1. The van der Waals surface area contributed by atoms with Crippen LogP contribution in [0, 0.1) is 18.3 Å². The molecule has 0 aromatic carbocycles. The van der Waals surface area contributed by atoms with E-state index in [1.54, 1.807) is 6.92 Å². The van der Waals surface area contributed by atoms with Crippen LogP contribution < -0.4 is 5.32 Å². The molecule has 21 heavy (non-hydrogen) atoms. The van der Waals surface area contributed by atoms with Crippen molar-refractivity contribution in [2.45, 2.75) is 53.6 Å². The third-order valence-electron chi connectivity index (χ3n) is 3.71. The second kappa shape index (κ2) is 7.27. The van der Waals surface area contributed by atoms with Gasteiger partial charge >= 0.3 is 0 Å². The number of hydrogen-bond donors (Lipinski definition) is 2. The van der Waals surface area contributed by atoms with Crippen LogP contribution in [0.2, 0.25) is 5.22 Å². The van der Waals surface area contributed by atoms with Crippen molar-refractivity contribution in [3.05, 3.63) is 16.5 Å². The number of rotatable bonds is 7. The van der Waals surface area contributed by atoms with Crippen molar-refractivity contribution in [2.24, 2.45) is 11.3 Å². The zero-order chi connectivity index (χ0) is 16.2. The van der Waals surface area contributed by atoms with Crippen LogP contribution in [0.4, 0.5) is 0 Å². The lowest BCUT2D eigenvalue weighted by Crippen LogP contribution is -2.43. The molecule has 0 spiro atoms. The molecule has 1 unspecified atom stereocenters. The van der Waals surface area contributed by atoms with Gasteiger partial charge in [-0.3, -0.25) is 4.79 Å². The van der Waals surface area contributed by atoms with Crippen LogP contribution in [-0.2, 0) is 11.2 Å². The van der Waals surface area contributed by atoms with Gasteiger partial charge in [0.05, 0.1) is 11.8 Å². The van der Waals surface area contributed by atoms with Gasteiger partial charge in [-0.1, -0.05) is 32.9 Å². The van der Waals surface area contributed by atoms with Crippen molar-refractivity contribution in [3.8, 4) is 0 Å². The molecule has 0 saturated carbocycles. The molecule has 1 atom stereocenters. The van der Waals surface area contributed by atoms with Gasteiger partial charge in [0.25, 0.3) is 0 Å². The first kappa shape index (κ1) is 18.0. The van der Waals surface area contributed by atoms with E-state index in [-0.39, 0.29) is 22.5 Å². The lowest BCUT2D eigenvalue weighted by Gasteiger charge is -2.33. The molecule has 1 aromatic rings. The second-order valence-electron chi connectivity index (χ2n) is 6.47. The Balaban J connectivity index is 2.45. The number of nitrogens with zero attached hydrogens (tertiary/aromatic N) is 1. The summed E-state index contributed by atoms with van der Waals surface area (Å²) in [5.41, 5.74) is 1.12. The van der Waals surface area contributed by atoms with Gasteiger partial charge in [0.15, 0.2) is 0 Å². The van der Waals surface area contributed by atoms with Gasteiger partial charge in [0, 0.05) is 23.9 Å². The largest absolute Gasteiger partial charge is 0.392 e. The Morgan fingerprint density at radius 1 is 1.48 bits per heavy atom. The minimum atomic E-state index is -0.465. The van der Waals surface area contributed by atoms with E-state index in [1.807, 2.05) is 27.7 Å². The quantitative estimate of drug-likeness (QED) is 0.811. The molecule has 1 aromatic heterocycles. The van der Waals surface area contributed by atoms with Crippen LogP contribution in [0.15, 0.2) is 4.52 Å². The zero-order valence-electron chi connectivity index (χ0n) is 13.4. The summed E-state index contributed by atoms with van der Waals surface area (Å²) in [6.45, 7) is 10.0. The summed E-state index contributed by atoms with van der Waals surface area (Å²) in [6.07, 6.45) is 0.343. The number of carbonyl (C=O) groups excluding carboxylic acids is 1. The maximum atomic E-state index is 11.9. The normalized spacial score (nSPS) is 13.5. The Morgan fingerprint density at radius 3 is 2.57 bits per heavy atom. The summed E-state index contributed by atoms with van der Waals surface area (Å²) in [5, 5.41) is 17.0. The molecule has 0 saturated heterocycles. The number of aliphatic hydroxyl groups is 1. The molecule has 0 aliphatic carbocycles. The van der Waals surface area contributed by atoms with E-state index in [1.165, 1.54) is 0 Å².